The van der Waals surface area contributed by atoms with Crippen molar-refractivity contribution in [2.45, 2.75) is 59.6 Å². The number of nitrogens with zero attached hydrogens (tertiary/aromatic N) is 1. The molecule has 0 saturated carbocycles. The molecule has 0 aliphatic rings. The van der Waals surface area contributed by atoms with E-state index in [2.05, 4.69) is 58.7 Å². The predicted octanol–water partition coefficient (Wildman–Crippen LogP) is 10.3. The van der Waals surface area contributed by atoms with Crippen molar-refractivity contribution in [3.05, 3.63) is 77.7 Å². The van der Waals surface area contributed by atoms with Crippen LogP contribution in [0.15, 0.2) is 65.2 Å². The lowest BCUT2D eigenvalue weighted by molar-refractivity contribution is -0.135. The van der Waals surface area contributed by atoms with Crippen LogP contribution in [0.3, 0.4) is 0 Å². The molecule has 6 heteroatoms. The lowest BCUT2D eigenvalue weighted by atomic mass is 9.82. The highest BCUT2D eigenvalue weighted by molar-refractivity contribution is 7.23. The highest BCUT2D eigenvalue weighted by Gasteiger charge is 2.39. The minimum atomic E-state index is -4.54. The van der Waals surface area contributed by atoms with E-state index in [4.69, 9.17) is 4.42 Å². The fourth-order valence-electron chi connectivity index (χ4n) is 4.87. The molecule has 0 unspecified atom stereocenters. The van der Waals surface area contributed by atoms with E-state index in [0.29, 0.717) is 22.6 Å². The summed E-state index contributed by atoms with van der Waals surface area (Å²) in [5.41, 5.74) is 1.63. The fourth-order valence-corrected chi connectivity index (χ4v) is 6.16. The molecule has 0 aliphatic heterocycles. The van der Waals surface area contributed by atoms with Crippen LogP contribution in [0.25, 0.3) is 42.8 Å². The maximum absolute atomic E-state index is 14.5. The van der Waals surface area contributed by atoms with Crippen LogP contribution in [0.1, 0.15) is 58.4 Å². The van der Waals surface area contributed by atoms with Crippen LogP contribution in [-0.4, -0.2) is 4.98 Å². The van der Waals surface area contributed by atoms with Crippen molar-refractivity contribution in [1.82, 2.24) is 4.98 Å². The summed E-state index contributed by atoms with van der Waals surface area (Å²) in [4.78, 5) is 4.69. The molecule has 192 valence electrons. The molecule has 2 nitrogen and oxygen atoms in total. The molecule has 2 aromatic carbocycles. The van der Waals surface area contributed by atoms with Gasteiger partial charge in [0.05, 0.1) is 20.8 Å². The molecule has 37 heavy (non-hydrogen) atoms. The first-order valence-corrected chi connectivity index (χ1v) is 13.2. The number of halogens is 3. The number of alkyl halides is 3. The van der Waals surface area contributed by atoms with Gasteiger partial charge in [-0.1, -0.05) is 65.8 Å². The molecule has 0 amide bonds. The number of benzene rings is 2. The Labute approximate surface area is 219 Å². The number of aromatic nitrogens is 1. The number of hydrogen-bond donors (Lipinski definition) is 0. The monoisotopic (exact) mass is 521 g/mol. The van der Waals surface area contributed by atoms with Crippen LogP contribution in [0.2, 0.25) is 0 Å². The predicted molar refractivity (Wildman–Crippen MR) is 147 cm³/mol. The van der Waals surface area contributed by atoms with E-state index in [1.54, 1.807) is 12.1 Å². The summed E-state index contributed by atoms with van der Waals surface area (Å²) >= 11 is 1.10. The molecular weight excluding hydrogens is 491 g/mol. The standard InChI is InChI=1S/C31H30F3NOS/c1-29(2,3)17-20-11-12-24(36-20)28-25(31(32,33)34)22-13-14-35-26(27(22)37-28)19-15-18-9-7-8-10-21(18)23(16-19)30(4,5)6/h7-16H,17H2,1-6H3. The van der Waals surface area contributed by atoms with Crippen molar-refractivity contribution in [2.24, 2.45) is 5.41 Å². The van der Waals surface area contributed by atoms with Gasteiger partial charge in [0.15, 0.2) is 0 Å². The van der Waals surface area contributed by atoms with E-state index in [0.717, 1.165) is 33.2 Å². The van der Waals surface area contributed by atoms with Gasteiger partial charge in [-0.3, -0.25) is 4.98 Å². The van der Waals surface area contributed by atoms with Crippen molar-refractivity contribution in [3.63, 3.8) is 0 Å². The van der Waals surface area contributed by atoms with Gasteiger partial charge in [-0.2, -0.15) is 13.2 Å². The minimum absolute atomic E-state index is 0.0416. The maximum Gasteiger partial charge on any atom is 0.418 e. The van der Waals surface area contributed by atoms with Gasteiger partial charge in [-0.25, -0.2) is 0 Å². The number of fused-ring (bicyclic) bond motifs is 2. The quantitative estimate of drug-likeness (QED) is 0.236. The molecule has 0 bridgehead atoms. The van der Waals surface area contributed by atoms with Gasteiger partial charge in [0.25, 0.3) is 0 Å². The Morgan fingerprint density at radius 2 is 1.59 bits per heavy atom. The Morgan fingerprint density at radius 1 is 0.865 bits per heavy atom. The van der Waals surface area contributed by atoms with Crippen LogP contribution in [0.4, 0.5) is 13.2 Å². The van der Waals surface area contributed by atoms with Crippen LogP contribution in [0, 0.1) is 5.41 Å². The lowest BCUT2D eigenvalue weighted by Gasteiger charge is -2.22. The first kappa shape index (κ1) is 25.5. The first-order chi connectivity index (χ1) is 17.2. The van der Waals surface area contributed by atoms with Gasteiger partial charge >= 0.3 is 6.18 Å². The normalized spacial score (nSPS) is 13.1. The fraction of sp³-hybridized carbons (Fsp3) is 0.323. The summed E-state index contributed by atoms with van der Waals surface area (Å²) in [6.07, 6.45) is -2.43. The number of thiophene rings is 1. The van der Waals surface area contributed by atoms with Crippen LogP contribution >= 0.6 is 11.3 Å². The third-order valence-electron chi connectivity index (χ3n) is 6.42. The Kier molecular flexibility index (Phi) is 6.02. The van der Waals surface area contributed by atoms with E-state index >= 15 is 0 Å². The number of hydrogen-bond acceptors (Lipinski definition) is 3. The van der Waals surface area contributed by atoms with Crippen molar-refractivity contribution >= 4 is 32.2 Å². The Balaban J connectivity index is 1.76. The van der Waals surface area contributed by atoms with E-state index < -0.39 is 11.7 Å². The highest BCUT2D eigenvalue weighted by Crippen LogP contribution is 2.50. The summed E-state index contributed by atoms with van der Waals surface area (Å²) in [6.45, 7) is 12.6. The molecule has 3 heterocycles. The van der Waals surface area contributed by atoms with E-state index in [1.807, 2.05) is 24.3 Å². The molecule has 0 fully saturated rings. The zero-order chi connectivity index (χ0) is 26.8. The molecular formula is C31H30F3NOS. The number of rotatable bonds is 3. The molecule has 0 N–H and O–H groups in total. The SMILES string of the molecule is CC(C)(C)Cc1ccc(-c2sc3c(-c4cc(C(C)(C)C)c5ccccc5c4)nccc3c2C(F)(F)F)o1. The average molecular weight is 522 g/mol. The summed E-state index contributed by atoms with van der Waals surface area (Å²) in [5, 5.41) is 2.32. The zero-order valence-electron chi connectivity index (χ0n) is 21.9. The lowest BCUT2D eigenvalue weighted by Crippen LogP contribution is -2.12. The van der Waals surface area contributed by atoms with Crippen LogP contribution < -0.4 is 0 Å². The zero-order valence-corrected chi connectivity index (χ0v) is 22.7. The van der Waals surface area contributed by atoms with Gasteiger partial charge in [0.1, 0.15) is 11.5 Å². The average Bonchev–Trinajstić information content (AvgIpc) is 3.40. The molecule has 0 aliphatic carbocycles. The first-order valence-electron chi connectivity index (χ1n) is 12.3. The molecule has 0 atom stereocenters. The Hall–Kier alpha value is -3.12. The van der Waals surface area contributed by atoms with E-state index in [9.17, 15) is 13.2 Å². The second kappa shape index (κ2) is 8.73. The smallest absolute Gasteiger partial charge is 0.418 e. The molecule has 3 aromatic heterocycles. The maximum atomic E-state index is 14.5. The second-order valence-corrected chi connectivity index (χ2v) is 12.9. The van der Waals surface area contributed by atoms with Gasteiger partial charge in [0.2, 0.25) is 0 Å². The number of furan rings is 1. The van der Waals surface area contributed by atoms with E-state index in [-0.39, 0.29) is 26.9 Å². The topological polar surface area (TPSA) is 26.0 Å². The van der Waals surface area contributed by atoms with Crippen LogP contribution in [0.5, 0.6) is 0 Å². The van der Waals surface area contributed by atoms with Gasteiger partial charge in [0, 0.05) is 23.6 Å². The minimum Gasteiger partial charge on any atom is -0.460 e. The summed E-state index contributed by atoms with van der Waals surface area (Å²) in [5.74, 6) is 0.920. The van der Waals surface area contributed by atoms with Gasteiger partial charge < -0.3 is 4.42 Å². The van der Waals surface area contributed by atoms with Crippen molar-refractivity contribution in [1.29, 1.82) is 0 Å². The largest absolute Gasteiger partial charge is 0.460 e. The second-order valence-electron chi connectivity index (χ2n) is 11.8. The number of pyridine rings is 1. The molecule has 5 aromatic rings. The van der Waals surface area contributed by atoms with Crippen molar-refractivity contribution in [3.8, 4) is 21.9 Å². The van der Waals surface area contributed by atoms with E-state index in [1.165, 1.54) is 12.3 Å². The van der Waals surface area contributed by atoms with Gasteiger partial charge in [-0.05, 0) is 57.5 Å². The molecule has 0 saturated heterocycles. The van der Waals surface area contributed by atoms with Crippen LogP contribution in [-0.2, 0) is 18.0 Å². The molecule has 0 spiro atoms. The van der Waals surface area contributed by atoms with Gasteiger partial charge in [-0.15, -0.1) is 11.3 Å². The molecule has 0 radical (unpaired) electrons. The Morgan fingerprint density at radius 3 is 2.27 bits per heavy atom. The van der Waals surface area contributed by atoms with Crippen molar-refractivity contribution in [2.75, 3.05) is 0 Å². The summed E-state index contributed by atoms with van der Waals surface area (Å²) < 4.78 is 49.9. The molecule has 5 rings (SSSR count). The third-order valence-corrected chi connectivity index (χ3v) is 7.65. The highest BCUT2D eigenvalue weighted by atomic mass is 32.1. The Bertz CT molecular complexity index is 1610. The summed E-state index contributed by atoms with van der Waals surface area (Å²) in [7, 11) is 0. The van der Waals surface area contributed by atoms with Crippen molar-refractivity contribution < 1.29 is 17.6 Å². The third kappa shape index (κ3) is 4.91. The summed E-state index contributed by atoms with van der Waals surface area (Å²) in [6, 6.07) is 17.1.